The molecular weight excluding hydrogens is 124 g/mol. The minimum Gasteiger partial charge on any atom is -0.525 e. The predicted molar refractivity (Wildman–Crippen MR) is 32.8 cm³/mol. The number of methoxy groups -OCH3 is 1. The second kappa shape index (κ2) is 4.64. The Labute approximate surface area is 50.6 Å². The average Bonchev–Trinajstić information content (AvgIpc) is 1.83. The Morgan fingerprint density at radius 3 is 1.75 bits per heavy atom. The van der Waals surface area contributed by atoms with E-state index in [0.29, 0.717) is 0 Å². The topological polar surface area (TPSA) is 27.7 Å². The highest BCUT2D eigenvalue weighted by molar-refractivity contribution is 6.52. The smallest absolute Gasteiger partial charge is 0.518 e. The summed E-state index contributed by atoms with van der Waals surface area (Å²) in [6, 6.07) is 0. The molecule has 3 nitrogen and oxygen atoms in total. The number of rotatable bonds is 3. The van der Waals surface area contributed by atoms with Crippen molar-refractivity contribution in [3.8, 4) is 0 Å². The summed E-state index contributed by atoms with van der Waals surface area (Å²) in [5, 5.41) is 0. The van der Waals surface area contributed by atoms with E-state index < -0.39 is 8.90 Å². The van der Waals surface area contributed by atoms with Gasteiger partial charge in [-0.1, -0.05) is 0 Å². The normalized spacial score (nSPS) is 7.38. The van der Waals surface area contributed by atoms with Gasteiger partial charge in [0, 0.05) is 0 Å². The zero-order valence-corrected chi connectivity index (χ0v) is 6.30. The van der Waals surface area contributed by atoms with Gasteiger partial charge in [-0.05, 0) is 0 Å². The molecule has 0 spiro atoms. The molecule has 0 N–H and O–H groups in total. The first-order valence-corrected chi connectivity index (χ1v) is 3.55. The summed E-state index contributed by atoms with van der Waals surface area (Å²) in [4.78, 5) is 0. The Hall–Kier alpha value is -0.513. The van der Waals surface area contributed by atoms with Crippen LogP contribution in [0.1, 0.15) is 0 Å². The summed E-state index contributed by atoms with van der Waals surface area (Å²) in [6.45, 7) is 0. The monoisotopic (exact) mass is 134 g/mol. The molecule has 4 heteroatoms. The van der Waals surface area contributed by atoms with Crippen molar-refractivity contribution < 1.29 is 13.6 Å². The molecule has 0 aliphatic heterocycles. The van der Waals surface area contributed by atoms with Crippen molar-refractivity contribution in [3.63, 3.8) is 0 Å². The van der Waals surface area contributed by atoms with Gasteiger partial charge >= 0.3 is 8.90 Å². The lowest BCUT2D eigenvalue weighted by atomic mass is 11.5. The number of hydrogen-bond donors (Lipinski definition) is 0. The van der Waals surface area contributed by atoms with Crippen LogP contribution in [0.25, 0.3) is 0 Å². The Morgan fingerprint density at radius 1 is 1.12 bits per heavy atom. The van der Waals surface area contributed by atoms with Gasteiger partial charge in [-0.25, -0.2) is 0 Å². The highest BCUT2D eigenvalue weighted by Gasteiger charge is 1.95. The van der Waals surface area contributed by atoms with E-state index in [1.54, 1.807) is 27.2 Å². The van der Waals surface area contributed by atoms with Crippen molar-refractivity contribution >= 4 is 14.8 Å². The van der Waals surface area contributed by atoms with Crippen molar-refractivity contribution in [3.05, 3.63) is 0 Å². The predicted octanol–water partition coefficient (Wildman–Crippen LogP) is -0.245. The molecule has 0 fully saturated rings. The minimum atomic E-state index is -1.22. The maximum Gasteiger partial charge on any atom is 0.518 e. The van der Waals surface area contributed by atoms with E-state index in [-0.39, 0.29) is 0 Å². The first-order valence-electron chi connectivity index (χ1n) is 2.16. The van der Waals surface area contributed by atoms with Gasteiger partial charge in [-0.3, -0.25) is 0 Å². The summed E-state index contributed by atoms with van der Waals surface area (Å²) in [5.74, 6) is 1.56. The largest absolute Gasteiger partial charge is 0.525 e. The standard InChI is InChI=1S/C4H10O3Si/c1-5-4-8(6-2)7-3/h4H,1-3H3. The Bertz CT molecular complexity index is 75.4. The van der Waals surface area contributed by atoms with Crippen LogP contribution in [0, 0.1) is 0 Å². The van der Waals surface area contributed by atoms with Gasteiger partial charge in [0.25, 0.3) is 0 Å². The average molecular weight is 134 g/mol. The molecule has 0 saturated carbocycles. The summed E-state index contributed by atoms with van der Waals surface area (Å²) in [6.07, 6.45) is 0. The lowest BCUT2D eigenvalue weighted by Crippen LogP contribution is -2.11. The molecule has 0 aromatic carbocycles. The van der Waals surface area contributed by atoms with Crippen LogP contribution in [0.2, 0.25) is 0 Å². The quantitative estimate of drug-likeness (QED) is 0.498. The van der Waals surface area contributed by atoms with E-state index in [4.69, 9.17) is 8.85 Å². The number of hydrogen-bond acceptors (Lipinski definition) is 3. The van der Waals surface area contributed by atoms with Crippen LogP contribution in [-0.2, 0) is 13.6 Å². The van der Waals surface area contributed by atoms with Crippen LogP contribution in [0.3, 0.4) is 0 Å². The third-order valence-corrected chi connectivity index (χ3v) is 1.85. The summed E-state index contributed by atoms with van der Waals surface area (Å²) >= 11 is 0. The number of ether oxygens (including phenoxy) is 1. The van der Waals surface area contributed by atoms with Crippen molar-refractivity contribution in [1.29, 1.82) is 0 Å². The van der Waals surface area contributed by atoms with Gasteiger partial charge in [0.1, 0.15) is 5.86 Å². The third-order valence-electron chi connectivity index (χ3n) is 0.616. The summed E-state index contributed by atoms with van der Waals surface area (Å²) in [7, 11) is 3.53. The van der Waals surface area contributed by atoms with Crippen LogP contribution in [-0.4, -0.2) is 36.1 Å². The van der Waals surface area contributed by atoms with Gasteiger partial charge in [-0.2, -0.15) is 0 Å². The highest BCUT2D eigenvalue weighted by Crippen LogP contribution is 1.69. The van der Waals surface area contributed by atoms with Crippen molar-refractivity contribution in [2.24, 2.45) is 0 Å². The Balaban J connectivity index is 3.49. The maximum atomic E-state index is 4.84. The molecule has 0 saturated heterocycles. The van der Waals surface area contributed by atoms with E-state index >= 15 is 0 Å². The molecule has 8 heavy (non-hydrogen) atoms. The van der Waals surface area contributed by atoms with Gasteiger partial charge < -0.3 is 13.6 Å². The third kappa shape index (κ3) is 2.63. The van der Waals surface area contributed by atoms with Crippen LogP contribution >= 0.6 is 0 Å². The molecule has 0 aliphatic carbocycles. The minimum absolute atomic E-state index is 1.22. The molecule has 0 atom stereocenters. The van der Waals surface area contributed by atoms with Crippen LogP contribution in [0.5, 0.6) is 0 Å². The van der Waals surface area contributed by atoms with Gasteiger partial charge in [0.2, 0.25) is 0 Å². The van der Waals surface area contributed by atoms with Crippen LogP contribution in [0.4, 0.5) is 0 Å². The molecule has 0 rings (SSSR count). The van der Waals surface area contributed by atoms with Crippen molar-refractivity contribution in [2.75, 3.05) is 21.3 Å². The van der Waals surface area contributed by atoms with Gasteiger partial charge in [-0.15, -0.1) is 0 Å². The van der Waals surface area contributed by atoms with Crippen LogP contribution < -0.4 is 0 Å². The fraction of sp³-hybridized carbons (Fsp3) is 0.750. The molecule has 0 radical (unpaired) electrons. The molecule has 0 amide bonds. The van der Waals surface area contributed by atoms with Gasteiger partial charge in [0.15, 0.2) is 0 Å². The zero-order chi connectivity index (χ0) is 6.41. The van der Waals surface area contributed by atoms with Crippen molar-refractivity contribution in [2.45, 2.75) is 0 Å². The lowest BCUT2D eigenvalue weighted by Gasteiger charge is -1.98. The fourth-order valence-electron chi connectivity index (χ4n) is 0.276. The van der Waals surface area contributed by atoms with E-state index in [0.717, 1.165) is 0 Å². The maximum absolute atomic E-state index is 4.84. The van der Waals surface area contributed by atoms with Gasteiger partial charge in [0.05, 0.1) is 21.3 Å². The second-order valence-electron chi connectivity index (χ2n) is 1.08. The Kier molecular flexibility index (Phi) is 4.34. The van der Waals surface area contributed by atoms with E-state index in [2.05, 4.69) is 4.74 Å². The van der Waals surface area contributed by atoms with E-state index in [1.807, 2.05) is 0 Å². The summed E-state index contributed by atoms with van der Waals surface area (Å²) < 4.78 is 14.3. The second-order valence-corrected chi connectivity index (χ2v) is 2.77. The Morgan fingerprint density at radius 2 is 1.62 bits per heavy atom. The first kappa shape index (κ1) is 7.49. The molecule has 0 heterocycles. The molecule has 48 valence electrons. The summed E-state index contributed by atoms with van der Waals surface area (Å²) in [5.41, 5.74) is 0. The first-order chi connectivity index (χ1) is 3.85. The van der Waals surface area contributed by atoms with Crippen molar-refractivity contribution in [1.82, 2.24) is 0 Å². The zero-order valence-electron chi connectivity index (χ0n) is 5.30. The lowest BCUT2D eigenvalue weighted by molar-refractivity contribution is 0.296. The molecule has 0 aromatic heterocycles. The SMILES string of the molecule is COC=[Si](OC)OC. The molecule has 0 aromatic rings. The fourth-order valence-corrected chi connectivity index (χ4v) is 0.827. The van der Waals surface area contributed by atoms with E-state index in [9.17, 15) is 0 Å². The molecule has 0 unspecified atom stereocenters. The van der Waals surface area contributed by atoms with Crippen LogP contribution in [0.15, 0.2) is 0 Å². The molecular formula is C4H10O3Si. The molecule has 0 bridgehead atoms. The highest BCUT2D eigenvalue weighted by atomic mass is 28.3. The molecule has 0 aliphatic rings. The van der Waals surface area contributed by atoms with E-state index in [1.165, 1.54) is 0 Å².